The van der Waals surface area contributed by atoms with Crippen LogP contribution in [-0.2, 0) is 0 Å². The molecule has 13 heavy (non-hydrogen) atoms. The van der Waals surface area contributed by atoms with E-state index in [1.165, 1.54) is 8.24 Å². The Morgan fingerprint density at radius 1 is 1.00 bits per heavy atom. The summed E-state index contributed by atoms with van der Waals surface area (Å²) in [5.41, 5.74) is 0. The van der Waals surface area contributed by atoms with E-state index in [2.05, 4.69) is 30.3 Å². The van der Waals surface area contributed by atoms with Gasteiger partial charge in [-0.05, 0) is 0 Å². The molecule has 0 aliphatic heterocycles. The fourth-order valence-electron chi connectivity index (χ4n) is 0.957. The molecule has 2 rings (SSSR count). The molecule has 0 spiro atoms. The molecule has 0 amide bonds. The van der Waals surface area contributed by atoms with Crippen LogP contribution in [0.5, 0.6) is 0 Å². The molecular formula is C10H7ClSSe. The van der Waals surface area contributed by atoms with Gasteiger partial charge in [-0.25, -0.2) is 0 Å². The molecule has 66 valence electrons. The van der Waals surface area contributed by atoms with Gasteiger partial charge in [0.2, 0.25) is 0 Å². The van der Waals surface area contributed by atoms with E-state index >= 15 is 0 Å². The van der Waals surface area contributed by atoms with Gasteiger partial charge in [-0.3, -0.25) is 0 Å². The third-order valence-corrected chi connectivity index (χ3v) is 5.27. The van der Waals surface area contributed by atoms with Gasteiger partial charge < -0.3 is 0 Å². The van der Waals surface area contributed by atoms with Crippen LogP contribution in [0.3, 0.4) is 0 Å². The Morgan fingerprint density at radius 2 is 1.77 bits per heavy atom. The summed E-state index contributed by atoms with van der Waals surface area (Å²) in [6.07, 6.45) is 0. The van der Waals surface area contributed by atoms with Gasteiger partial charge in [0, 0.05) is 0 Å². The Labute approximate surface area is 92.7 Å². The first-order valence-electron chi connectivity index (χ1n) is 3.83. The molecule has 1 aromatic heterocycles. The van der Waals surface area contributed by atoms with E-state index in [1.807, 2.05) is 12.1 Å². The van der Waals surface area contributed by atoms with Crippen LogP contribution >= 0.6 is 22.9 Å². The molecule has 1 aromatic carbocycles. The zero-order valence-corrected chi connectivity index (χ0v) is 10.0. The molecule has 0 atom stereocenters. The van der Waals surface area contributed by atoms with E-state index in [0.29, 0.717) is 15.0 Å². The predicted molar refractivity (Wildman–Crippen MR) is 60.8 cm³/mol. The fourth-order valence-corrected chi connectivity index (χ4v) is 4.80. The van der Waals surface area contributed by atoms with Crippen molar-refractivity contribution in [3.63, 3.8) is 0 Å². The molecule has 0 saturated carbocycles. The first-order chi connectivity index (χ1) is 6.34. The molecule has 0 unspecified atom stereocenters. The molecule has 2 aromatic rings. The van der Waals surface area contributed by atoms with Gasteiger partial charge in [0.1, 0.15) is 0 Å². The Hall–Kier alpha value is -0.271. The second-order valence-electron chi connectivity index (χ2n) is 2.47. The van der Waals surface area contributed by atoms with E-state index in [1.54, 1.807) is 11.3 Å². The summed E-state index contributed by atoms with van der Waals surface area (Å²) >= 11 is 7.95. The van der Waals surface area contributed by atoms with Crippen molar-refractivity contribution in [1.82, 2.24) is 0 Å². The van der Waals surface area contributed by atoms with Crippen molar-refractivity contribution in [3.8, 4) is 0 Å². The van der Waals surface area contributed by atoms with Crippen LogP contribution in [0.4, 0.5) is 0 Å². The van der Waals surface area contributed by atoms with Gasteiger partial charge in [-0.1, -0.05) is 0 Å². The van der Waals surface area contributed by atoms with Gasteiger partial charge in [0.15, 0.2) is 0 Å². The summed E-state index contributed by atoms with van der Waals surface area (Å²) < 4.78 is 3.66. The van der Waals surface area contributed by atoms with Crippen LogP contribution in [0.2, 0.25) is 4.34 Å². The number of rotatable bonds is 2. The van der Waals surface area contributed by atoms with Crippen LogP contribution in [0, 0.1) is 0 Å². The Morgan fingerprint density at radius 3 is 2.38 bits per heavy atom. The SMILES string of the molecule is Clc1ccc([Se]c2ccccc2)s1. The van der Waals surface area contributed by atoms with Crippen molar-refractivity contribution >= 4 is 46.1 Å². The summed E-state index contributed by atoms with van der Waals surface area (Å²) in [5, 5.41) is 0. The van der Waals surface area contributed by atoms with E-state index in [-0.39, 0.29) is 0 Å². The van der Waals surface area contributed by atoms with Gasteiger partial charge in [0.25, 0.3) is 0 Å². The van der Waals surface area contributed by atoms with Gasteiger partial charge in [-0.15, -0.1) is 0 Å². The van der Waals surface area contributed by atoms with Crippen molar-refractivity contribution in [3.05, 3.63) is 46.8 Å². The predicted octanol–water partition coefficient (Wildman–Crippen LogP) is 2.06. The van der Waals surface area contributed by atoms with Crippen molar-refractivity contribution in [1.29, 1.82) is 0 Å². The van der Waals surface area contributed by atoms with E-state index in [0.717, 1.165) is 4.34 Å². The zero-order chi connectivity index (χ0) is 9.10. The molecule has 3 heteroatoms. The molecule has 0 nitrogen and oxygen atoms in total. The summed E-state index contributed by atoms with van der Waals surface area (Å²) in [6, 6.07) is 14.6. The number of hydrogen-bond acceptors (Lipinski definition) is 1. The molecule has 1 heterocycles. The number of benzene rings is 1. The van der Waals surface area contributed by atoms with E-state index in [9.17, 15) is 0 Å². The minimum absolute atomic E-state index is 0.416. The maximum absolute atomic E-state index is 5.86. The second kappa shape index (κ2) is 4.30. The van der Waals surface area contributed by atoms with Crippen LogP contribution in [0.15, 0.2) is 42.5 Å². The monoisotopic (exact) mass is 274 g/mol. The molecule has 0 N–H and O–H groups in total. The molecule has 0 aliphatic rings. The molecular weight excluding hydrogens is 267 g/mol. The van der Waals surface area contributed by atoms with Crippen LogP contribution in [0.1, 0.15) is 0 Å². The minimum atomic E-state index is 0.416. The number of hydrogen-bond donors (Lipinski definition) is 0. The summed E-state index contributed by atoms with van der Waals surface area (Å²) in [7, 11) is 0. The molecule has 0 aliphatic carbocycles. The maximum atomic E-state index is 5.86. The first-order valence-corrected chi connectivity index (χ1v) is 6.73. The van der Waals surface area contributed by atoms with Gasteiger partial charge in [0.05, 0.1) is 0 Å². The second-order valence-corrected chi connectivity index (χ2v) is 7.11. The van der Waals surface area contributed by atoms with Crippen molar-refractivity contribution in [2.75, 3.05) is 0 Å². The standard InChI is InChI=1S/C10H7ClSSe/c11-9-6-7-10(12-9)13-8-4-2-1-3-5-8/h1-7H. The average molecular weight is 274 g/mol. The van der Waals surface area contributed by atoms with Crippen LogP contribution < -0.4 is 8.24 Å². The third kappa shape index (κ3) is 2.58. The molecule has 0 saturated heterocycles. The van der Waals surface area contributed by atoms with E-state index in [4.69, 9.17) is 11.6 Å². The van der Waals surface area contributed by atoms with Crippen LogP contribution in [-0.4, -0.2) is 15.0 Å². The fraction of sp³-hybridized carbons (Fsp3) is 0. The zero-order valence-electron chi connectivity index (χ0n) is 6.74. The van der Waals surface area contributed by atoms with E-state index < -0.39 is 0 Å². The van der Waals surface area contributed by atoms with Crippen LogP contribution in [0.25, 0.3) is 0 Å². The Kier molecular flexibility index (Phi) is 3.07. The normalized spacial score (nSPS) is 10.2. The summed E-state index contributed by atoms with van der Waals surface area (Å²) in [6.45, 7) is 0. The third-order valence-electron chi connectivity index (χ3n) is 1.51. The Balaban J connectivity index is 2.15. The summed E-state index contributed by atoms with van der Waals surface area (Å²) in [5.74, 6) is 0. The molecule has 0 bridgehead atoms. The van der Waals surface area contributed by atoms with Crippen molar-refractivity contribution in [2.45, 2.75) is 0 Å². The van der Waals surface area contributed by atoms with Crippen molar-refractivity contribution in [2.24, 2.45) is 0 Å². The van der Waals surface area contributed by atoms with Gasteiger partial charge in [-0.2, -0.15) is 0 Å². The van der Waals surface area contributed by atoms with Gasteiger partial charge >= 0.3 is 92.9 Å². The average Bonchev–Trinajstić information content (AvgIpc) is 2.53. The molecule has 0 radical (unpaired) electrons. The topological polar surface area (TPSA) is 0 Å². The van der Waals surface area contributed by atoms with Crippen molar-refractivity contribution < 1.29 is 0 Å². The first kappa shape index (κ1) is 9.29. The Bertz CT molecular complexity index is 383. The quantitative estimate of drug-likeness (QED) is 0.735. The summed E-state index contributed by atoms with van der Waals surface area (Å²) in [4.78, 5) is 0. The molecule has 0 fully saturated rings. The number of thiophene rings is 1. The number of halogens is 1.